The molecule has 0 amide bonds. The Balaban J connectivity index is 2.71. The largest absolute Gasteiger partial charge is 0.479 e. The number of aliphatic hydroxyl groups excluding tert-OH is 2. The average molecular weight is 1080 g/mol. The number of rotatable bonds is 51. The lowest BCUT2D eigenvalue weighted by atomic mass is 9.98. The molecule has 0 aromatic heterocycles. The van der Waals surface area contributed by atoms with Crippen LogP contribution >= 0.6 is 0 Å². The van der Waals surface area contributed by atoms with Crippen LogP contribution in [0.3, 0.4) is 0 Å². The first kappa shape index (κ1) is 70.9. The zero-order valence-corrected chi connectivity index (χ0v) is 48.4. The molecule has 0 aromatic carbocycles. The van der Waals surface area contributed by atoms with Gasteiger partial charge in [-0.3, -0.25) is 14.4 Å². The molecule has 0 radical (unpaired) electrons. The van der Waals surface area contributed by atoms with E-state index in [-0.39, 0.29) is 25.9 Å². The molecule has 0 spiro atoms. The maximum atomic E-state index is 13.2. The Morgan fingerprint density at radius 2 is 0.818 bits per heavy atom. The summed E-state index contributed by atoms with van der Waals surface area (Å²) in [4.78, 5) is 51.2. The van der Waals surface area contributed by atoms with Gasteiger partial charge in [-0.1, -0.05) is 202 Å². The first-order chi connectivity index (χ1) is 37.6. The topological polar surface area (TPSA) is 175 Å². The van der Waals surface area contributed by atoms with Crippen LogP contribution in [0.25, 0.3) is 0 Å². The summed E-state index contributed by atoms with van der Waals surface area (Å²) in [5.41, 5.74) is 0. The van der Waals surface area contributed by atoms with Gasteiger partial charge in [0, 0.05) is 19.3 Å². The third kappa shape index (κ3) is 42.5. The van der Waals surface area contributed by atoms with Crippen LogP contribution in [0.5, 0.6) is 0 Å². The highest BCUT2D eigenvalue weighted by molar-refractivity contribution is 5.74. The van der Waals surface area contributed by atoms with Crippen LogP contribution in [0.2, 0.25) is 0 Å². The second-order valence-corrected chi connectivity index (χ2v) is 20.6. The van der Waals surface area contributed by atoms with Crippen molar-refractivity contribution in [1.82, 2.24) is 0 Å². The monoisotopic (exact) mass is 1080 g/mol. The van der Waals surface area contributed by atoms with Crippen molar-refractivity contribution in [3.05, 3.63) is 85.1 Å². The second-order valence-electron chi connectivity index (χ2n) is 20.6. The highest BCUT2D eigenvalue weighted by Crippen LogP contribution is 2.26. The molecule has 0 bridgehead atoms. The van der Waals surface area contributed by atoms with Crippen LogP contribution in [0.1, 0.15) is 252 Å². The van der Waals surface area contributed by atoms with Crippen molar-refractivity contribution in [3.63, 3.8) is 0 Å². The van der Waals surface area contributed by atoms with Gasteiger partial charge in [0.1, 0.15) is 18.8 Å². The fourth-order valence-electron chi connectivity index (χ4n) is 8.74. The number of aliphatic hydroxyl groups is 2. The predicted octanol–water partition coefficient (Wildman–Crippen LogP) is 15.9. The minimum atomic E-state index is -1.91. The van der Waals surface area contributed by atoms with Gasteiger partial charge in [-0.25, -0.2) is 4.79 Å². The van der Waals surface area contributed by atoms with Gasteiger partial charge < -0.3 is 39.0 Å². The van der Waals surface area contributed by atoms with Crippen molar-refractivity contribution in [2.24, 2.45) is 0 Å². The van der Waals surface area contributed by atoms with Crippen LogP contribution in [0, 0.1) is 0 Å². The van der Waals surface area contributed by atoms with Gasteiger partial charge in [0.2, 0.25) is 0 Å². The molecule has 1 heterocycles. The predicted molar refractivity (Wildman–Crippen MR) is 312 cm³/mol. The lowest BCUT2D eigenvalue weighted by Crippen LogP contribution is -2.61. The molecule has 77 heavy (non-hydrogen) atoms. The zero-order chi connectivity index (χ0) is 56.1. The van der Waals surface area contributed by atoms with Crippen molar-refractivity contribution in [3.8, 4) is 0 Å². The van der Waals surface area contributed by atoms with Crippen molar-refractivity contribution < 1.29 is 58.2 Å². The van der Waals surface area contributed by atoms with Crippen molar-refractivity contribution in [2.45, 2.75) is 289 Å². The fraction of sp³-hybridized carbons (Fsp3) is 0.723. The lowest BCUT2D eigenvalue weighted by molar-refractivity contribution is -0.301. The highest BCUT2D eigenvalue weighted by atomic mass is 16.7. The van der Waals surface area contributed by atoms with E-state index < -0.39 is 67.3 Å². The highest BCUT2D eigenvalue weighted by Gasteiger charge is 2.50. The number of ether oxygens (including phenoxy) is 5. The number of unbranched alkanes of at least 4 members (excludes halogenated alkanes) is 23. The van der Waals surface area contributed by atoms with E-state index >= 15 is 0 Å². The van der Waals surface area contributed by atoms with Crippen LogP contribution in [0.15, 0.2) is 85.1 Å². The van der Waals surface area contributed by atoms with Crippen LogP contribution in [0.4, 0.5) is 0 Å². The quantitative estimate of drug-likeness (QED) is 0.0228. The van der Waals surface area contributed by atoms with E-state index in [0.29, 0.717) is 19.3 Å². The standard InChI is InChI=1S/C65H108O12/c1-4-7-10-13-16-19-22-25-28-29-32-33-36-39-42-45-48-51-57(66)73-54-56(75-58(67)52-49-46-43-40-37-34-30-26-23-20-17-14-11-8-5-2)55-74-65-63(61(70)60(69)62(77-65)64(71)72)76-59(68)53-50-47-44-41-38-35-31-27-24-21-18-15-12-9-6-3/h8,11,16-21,25-28,30-31,56,60-63,65,69-70H,4-7,9-10,12-15,22-24,29,32-55H2,1-3H3,(H,71,72)/b11-8-,19-16-,20-17-,21-18-,28-25-,30-26-,31-27-. The molecular weight excluding hydrogens is 973 g/mol. The van der Waals surface area contributed by atoms with Gasteiger partial charge in [0.05, 0.1) is 6.61 Å². The number of esters is 3. The molecule has 1 aliphatic heterocycles. The molecule has 6 atom stereocenters. The number of hydrogen-bond acceptors (Lipinski definition) is 11. The molecule has 12 heteroatoms. The SMILES string of the molecule is CC/C=C\C/C=C\C/C=C\CCCCCCCC(=O)OC(COC(=O)CCCCCCCCC/C=C\C/C=C\CCCCC)COC1OC(C(=O)O)C(O)C(O)C1OC(=O)CCCCCCC/C=C\C/C=C\CCCCC. The third-order valence-electron chi connectivity index (χ3n) is 13.4. The maximum absolute atomic E-state index is 13.2. The Hall–Kier alpha value is -4.10. The van der Waals surface area contributed by atoms with Gasteiger partial charge in [0.25, 0.3) is 0 Å². The van der Waals surface area contributed by atoms with Gasteiger partial charge in [-0.2, -0.15) is 0 Å². The van der Waals surface area contributed by atoms with E-state index in [4.69, 9.17) is 23.7 Å². The van der Waals surface area contributed by atoms with Gasteiger partial charge in [-0.15, -0.1) is 0 Å². The average Bonchev–Trinajstić information content (AvgIpc) is 3.43. The van der Waals surface area contributed by atoms with Crippen molar-refractivity contribution in [2.75, 3.05) is 13.2 Å². The normalized spacial score (nSPS) is 18.6. The number of carboxylic acids is 1. The molecule has 12 nitrogen and oxygen atoms in total. The summed E-state index contributed by atoms with van der Waals surface area (Å²) < 4.78 is 28.4. The number of carbonyl (C=O) groups is 4. The Labute approximate surface area is 467 Å². The molecule has 0 aliphatic carbocycles. The van der Waals surface area contributed by atoms with E-state index in [1.54, 1.807) is 0 Å². The van der Waals surface area contributed by atoms with Crippen LogP contribution < -0.4 is 0 Å². The van der Waals surface area contributed by atoms with Crippen molar-refractivity contribution in [1.29, 1.82) is 0 Å². The summed E-state index contributed by atoms with van der Waals surface area (Å²) in [6.07, 6.45) is 55.4. The number of hydrogen-bond donors (Lipinski definition) is 3. The molecule has 1 saturated heterocycles. The van der Waals surface area contributed by atoms with Crippen LogP contribution in [-0.2, 0) is 42.9 Å². The van der Waals surface area contributed by atoms with Crippen molar-refractivity contribution >= 4 is 23.9 Å². The van der Waals surface area contributed by atoms with E-state index in [1.165, 1.54) is 57.8 Å². The molecule has 440 valence electrons. The molecule has 6 unspecified atom stereocenters. The van der Waals surface area contributed by atoms with Crippen LogP contribution in [-0.4, -0.2) is 89.2 Å². The van der Waals surface area contributed by atoms with E-state index in [2.05, 4.69) is 106 Å². The molecule has 1 aliphatic rings. The number of carbonyl (C=O) groups excluding carboxylic acids is 3. The molecule has 1 rings (SSSR count). The Morgan fingerprint density at radius 1 is 0.442 bits per heavy atom. The molecule has 0 aromatic rings. The number of aliphatic carboxylic acids is 1. The molecule has 1 fully saturated rings. The Bertz CT molecular complexity index is 1660. The smallest absolute Gasteiger partial charge is 0.335 e. The second kappa shape index (κ2) is 52.6. The van der Waals surface area contributed by atoms with E-state index in [1.807, 2.05) is 0 Å². The van der Waals surface area contributed by atoms with E-state index in [0.717, 1.165) is 135 Å². The third-order valence-corrected chi connectivity index (χ3v) is 13.4. The van der Waals surface area contributed by atoms with E-state index in [9.17, 15) is 34.5 Å². The minimum Gasteiger partial charge on any atom is -0.479 e. The van der Waals surface area contributed by atoms with Gasteiger partial charge in [-0.05, 0) is 116 Å². The first-order valence-corrected chi connectivity index (χ1v) is 30.6. The molecule has 3 N–H and O–H groups in total. The Kier molecular flexibility index (Phi) is 48.4. The summed E-state index contributed by atoms with van der Waals surface area (Å²) in [5, 5.41) is 31.5. The Morgan fingerprint density at radius 3 is 1.25 bits per heavy atom. The van der Waals surface area contributed by atoms with Gasteiger partial charge in [0.15, 0.2) is 24.6 Å². The summed E-state index contributed by atoms with van der Waals surface area (Å²) in [6.45, 7) is 5.81. The summed E-state index contributed by atoms with van der Waals surface area (Å²) in [7, 11) is 0. The summed E-state index contributed by atoms with van der Waals surface area (Å²) in [5.74, 6) is -3.17. The summed E-state index contributed by atoms with van der Waals surface area (Å²) in [6, 6.07) is 0. The first-order valence-electron chi connectivity index (χ1n) is 30.6. The number of carboxylic acid groups (broad SMARTS) is 1. The maximum Gasteiger partial charge on any atom is 0.335 e. The lowest BCUT2D eigenvalue weighted by Gasteiger charge is -2.40. The van der Waals surface area contributed by atoms with Gasteiger partial charge >= 0.3 is 23.9 Å². The fourth-order valence-corrected chi connectivity index (χ4v) is 8.74. The molecule has 0 saturated carbocycles. The molecular formula is C65H108O12. The minimum absolute atomic E-state index is 0.0388. The number of allylic oxidation sites excluding steroid dienone is 14. The summed E-state index contributed by atoms with van der Waals surface area (Å²) >= 11 is 0. The zero-order valence-electron chi connectivity index (χ0n) is 48.4.